The number of carbonyl (C=O) groups is 1. The summed E-state index contributed by atoms with van der Waals surface area (Å²) in [6, 6.07) is 17.8. The molecule has 2 aliphatic heterocycles. The van der Waals surface area contributed by atoms with Crippen molar-refractivity contribution in [2.75, 3.05) is 32.0 Å². The number of nitrogens with one attached hydrogen (secondary N) is 2. The number of nitrogens with zero attached hydrogens (tertiary/aromatic N) is 5. The van der Waals surface area contributed by atoms with E-state index in [1.54, 1.807) is 12.3 Å². The van der Waals surface area contributed by atoms with Crippen molar-refractivity contribution in [3.05, 3.63) is 83.4 Å². The van der Waals surface area contributed by atoms with Gasteiger partial charge >= 0.3 is 0 Å². The quantitative estimate of drug-likeness (QED) is 0.0723. The zero-order valence-electron chi connectivity index (χ0n) is 29.4. The molecule has 0 radical (unpaired) electrons. The summed E-state index contributed by atoms with van der Waals surface area (Å²) >= 11 is 0. The number of nitrogens with two attached hydrogens (primary N) is 1. The molecule has 0 bridgehead atoms. The molecular formula is C37H47IN8O6. The Kier molecular flexibility index (Phi) is 12.1. The molecule has 3 aromatic heterocycles. The summed E-state index contributed by atoms with van der Waals surface area (Å²) in [6.45, 7) is 7.77. The largest absolute Gasteiger partial charge is 1.00 e. The Morgan fingerprint density at radius 3 is 2.60 bits per heavy atom. The van der Waals surface area contributed by atoms with Crippen molar-refractivity contribution in [3.63, 3.8) is 0 Å². The molecule has 7 N–H and O–H groups in total. The maximum Gasteiger partial charge on any atom is 0.277 e. The number of halogens is 1. The van der Waals surface area contributed by atoms with Gasteiger partial charge in [-0.05, 0) is 69.5 Å². The van der Waals surface area contributed by atoms with Crippen LogP contribution in [0.1, 0.15) is 66.3 Å². The highest BCUT2D eigenvalue weighted by molar-refractivity contribution is 5.98. The first-order chi connectivity index (χ1) is 24.7. The molecule has 7 rings (SSSR count). The van der Waals surface area contributed by atoms with Crippen LogP contribution in [-0.4, -0.2) is 96.3 Å². The number of aryl methyl sites for hydroxylation is 2. The fourth-order valence-electron chi connectivity index (χ4n) is 7.54. The van der Waals surface area contributed by atoms with Gasteiger partial charge < -0.3 is 69.7 Å². The first-order valence-electron chi connectivity index (χ1n) is 17.8. The lowest BCUT2D eigenvalue weighted by atomic mass is 9.89. The summed E-state index contributed by atoms with van der Waals surface area (Å²) in [5.74, 6) is 1.01. The standard InChI is InChI=1S/C37H46N8O6.HI/c1-3-44-26-11-10-24(18-27(26)45(4-2)30(44)19-40-36(49)31-34(38)42-35-25(41-31)12-15-39-35)22-13-16-43(17-14-22)20-28(46)32(48)33-29(47)21-50-37(51-33)23-8-6-5-7-9-23;/h5-12,15,18,22,28-29,32-33,37,46-48H,3-4,13-14,16-17,19-21H2,1-2H3,(H3-,38,39,40,41,42,49);1H/t28-,29+,32+,33+,37?;/m0./s1. The zero-order valence-corrected chi connectivity index (χ0v) is 31.5. The van der Waals surface area contributed by atoms with Gasteiger partial charge in [-0.2, -0.15) is 0 Å². The number of hydrogen-bond donors (Lipinski definition) is 6. The lowest BCUT2D eigenvalue weighted by Crippen LogP contribution is -3.00. The number of aromatic amines is 1. The highest BCUT2D eigenvalue weighted by Crippen LogP contribution is 2.32. The predicted octanol–water partition coefficient (Wildman–Crippen LogP) is -0.868. The van der Waals surface area contributed by atoms with Crippen molar-refractivity contribution in [1.29, 1.82) is 0 Å². The first-order valence-corrected chi connectivity index (χ1v) is 17.8. The lowest BCUT2D eigenvalue weighted by Gasteiger charge is -2.39. The average molecular weight is 827 g/mol. The van der Waals surface area contributed by atoms with Crippen molar-refractivity contribution in [3.8, 4) is 0 Å². The molecule has 14 nitrogen and oxygen atoms in total. The normalized spacial score (nSPS) is 21.2. The second-order valence-electron chi connectivity index (χ2n) is 13.4. The molecule has 2 aliphatic rings. The molecular weight excluding hydrogens is 779 g/mol. The van der Waals surface area contributed by atoms with Crippen molar-refractivity contribution in [1.82, 2.24) is 29.7 Å². The number of benzene rings is 2. The summed E-state index contributed by atoms with van der Waals surface area (Å²) in [5, 5.41) is 35.6. The van der Waals surface area contributed by atoms with E-state index in [-0.39, 0.29) is 54.5 Å². The van der Waals surface area contributed by atoms with E-state index in [0.29, 0.717) is 23.6 Å². The number of piperidine rings is 1. The summed E-state index contributed by atoms with van der Waals surface area (Å²) in [5.41, 5.74) is 11.5. The summed E-state index contributed by atoms with van der Waals surface area (Å²) < 4.78 is 16.0. The number of anilines is 1. The monoisotopic (exact) mass is 826 g/mol. The van der Waals surface area contributed by atoms with Gasteiger partial charge in [0, 0.05) is 18.3 Å². The zero-order chi connectivity index (χ0) is 35.6. The second-order valence-corrected chi connectivity index (χ2v) is 13.4. The number of H-pyrrole nitrogens is 1. The van der Waals surface area contributed by atoms with Crippen molar-refractivity contribution in [2.45, 2.75) is 82.9 Å². The lowest BCUT2D eigenvalue weighted by molar-refractivity contribution is -0.676. The molecule has 2 saturated heterocycles. The summed E-state index contributed by atoms with van der Waals surface area (Å²) in [4.78, 5) is 27.0. The number of rotatable bonds is 11. The van der Waals surface area contributed by atoms with Crippen LogP contribution in [0.2, 0.25) is 0 Å². The maximum absolute atomic E-state index is 13.2. The van der Waals surface area contributed by atoms with Crippen LogP contribution in [0.15, 0.2) is 60.8 Å². The van der Waals surface area contributed by atoms with Crippen LogP contribution in [0.3, 0.4) is 0 Å². The van der Waals surface area contributed by atoms with Gasteiger partial charge in [-0.1, -0.05) is 36.4 Å². The van der Waals surface area contributed by atoms with E-state index in [4.69, 9.17) is 15.2 Å². The van der Waals surface area contributed by atoms with Crippen LogP contribution in [0, 0.1) is 0 Å². The number of β-amino-alcohol motifs (C(OH)–C–C–N with tert-alkyl or cyclic N) is 1. The second kappa shape index (κ2) is 16.5. The third-order valence-electron chi connectivity index (χ3n) is 10.3. The van der Waals surface area contributed by atoms with Gasteiger partial charge in [0.15, 0.2) is 34.5 Å². The van der Waals surface area contributed by atoms with E-state index in [1.807, 2.05) is 30.3 Å². The Morgan fingerprint density at radius 1 is 1.10 bits per heavy atom. The van der Waals surface area contributed by atoms with Crippen molar-refractivity contribution < 1.29 is 58.1 Å². The summed E-state index contributed by atoms with van der Waals surface area (Å²) in [7, 11) is 0. The van der Waals surface area contributed by atoms with Gasteiger partial charge in [-0.15, -0.1) is 0 Å². The van der Waals surface area contributed by atoms with Crippen molar-refractivity contribution in [2.24, 2.45) is 0 Å². The Balaban J connectivity index is 0.00000464. The van der Waals surface area contributed by atoms with E-state index in [9.17, 15) is 20.1 Å². The van der Waals surface area contributed by atoms with Gasteiger partial charge in [0.25, 0.3) is 11.7 Å². The molecule has 278 valence electrons. The number of carbonyl (C=O) groups excluding carboxylic acids is 1. The summed E-state index contributed by atoms with van der Waals surface area (Å²) in [6.07, 6.45) is -1.59. The molecule has 5 aromatic rings. The van der Waals surface area contributed by atoms with E-state index in [0.717, 1.165) is 61.4 Å². The molecule has 0 spiro atoms. The number of aliphatic hydroxyl groups excluding tert-OH is 3. The maximum atomic E-state index is 13.2. The minimum Gasteiger partial charge on any atom is -1.00 e. The minimum absolute atomic E-state index is 0. The van der Waals surface area contributed by atoms with E-state index >= 15 is 0 Å². The Bertz CT molecular complexity index is 1980. The van der Waals surface area contributed by atoms with Crippen LogP contribution in [0.25, 0.3) is 22.2 Å². The number of aliphatic hydroxyl groups is 3. The average Bonchev–Trinajstić information content (AvgIpc) is 3.74. The Hall–Kier alpha value is -3.71. The van der Waals surface area contributed by atoms with Crippen LogP contribution < -0.4 is 39.6 Å². The van der Waals surface area contributed by atoms with E-state index in [1.165, 1.54) is 5.56 Å². The molecule has 5 atom stereocenters. The number of imidazole rings is 1. The number of aromatic nitrogens is 5. The number of ether oxygens (including phenoxy) is 2. The third-order valence-corrected chi connectivity index (χ3v) is 10.3. The smallest absolute Gasteiger partial charge is 0.277 e. The molecule has 0 aliphatic carbocycles. The fraction of sp³-hybridized carbons (Fsp3) is 0.459. The molecule has 2 aromatic carbocycles. The Morgan fingerprint density at radius 2 is 1.87 bits per heavy atom. The number of hydrogen-bond acceptors (Lipinski definition) is 10. The fourth-order valence-corrected chi connectivity index (χ4v) is 7.54. The van der Waals surface area contributed by atoms with Gasteiger partial charge in [0.1, 0.15) is 30.4 Å². The van der Waals surface area contributed by atoms with Crippen LogP contribution in [0.4, 0.5) is 5.82 Å². The van der Waals surface area contributed by atoms with Gasteiger partial charge in [0.2, 0.25) is 0 Å². The number of fused-ring (bicyclic) bond motifs is 2. The molecule has 1 amide bonds. The molecule has 52 heavy (non-hydrogen) atoms. The van der Waals surface area contributed by atoms with Gasteiger partial charge in [-0.25, -0.2) is 19.1 Å². The number of amides is 1. The number of nitrogen functional groups attached to an aromatic ring is 1. The van der Waals surface area contributed by atoms with E-state index < -0.39 is 30.7 Å². The minimum atomic E-state index is -1.27. The van der Waals surface area contributed by atoms with Gasteiger partial charge in [0.05, 0.1) is 25.8 Å². The SMILES string of the molecule is CCn1c(CNC(=O)c2nc3cc[nH]c3nc2N)[n+](CC)c2ccc(C3CCN(C[C@H](O)[C@@H](O)[C@@H]4OC(c5ccccc5)OC[C@H]4O)CC3)cc21.[I-]. The topological polar surface area (TPSA) is 188 Å². The van der Waals surface area contributed by atoms with Crippen LogP contribution >= 0.6 is 0 Å². The predicted molar refractivity (Wildman–Crippen MR) is 189 cm³/mol. The highest BCUT2D eigenvalue weighted by Gasteiger charge is 2.40. The highest BCUT2D eigenvalue weighted by atomic mass is 127. The van der Waals surface area contributed by atoms with Gasteiger partial charge in [-0.3, -0.25) is 4.79 Å². The van der Waals surface area contributed by atoms with E-state index in [2.05, 4.69) is 66.3 Å². The molecule has 0 saturated carbocycles. The molecule has 5 heterocycles. The molecule has 1 unspecified atom stereocenters. The first kappa shape index (κ1) is 38.0. The van der Waals surface area contributed by atoms with Crippen LogP contribution in [-0.2, 0) is 29.1 Å². The molecule has 15 heteroatoms. The molecule has 2 fully saturated rings. The van der Waals surface area contributed by atoms with Crippen molar-refractivity contribution >= 4 is 33.9 Å². The van der Waals surface area contributed by atoms with Crippen LogP contribution in [0.5, 0.6) is 0 Å². The number of likely N-dealkylation sites (tertiary alicyclic amines) is 1. The third kappa shape index (κ3) is 7.67. The Labute approximate surface area is 319 Å².